The maximum Gasteiger partial charge on any atom is 0.333 e. The van der Waals surface area contributed by atoms with E-state index in [1.807, 2.05) is 0 Å². The Kier molecular flexibility index (Phi) is 9.56. The third-order valence-electron chi connectivity index (χ3n) is 5.14. The fourth-order valence-corrected chi connectivity index (χ4v) is 3.66. The number of nitrogens with one attached hydrogen (secondary N) is 2. The van der Waals surface area contributed by atoms with Crippen molar-refractivity contribution in [2.45, 2.75) is 70.3 Å². The maximum absolute atomic E-state index is 12.2. The van der Waals surface area contributed by atoms with Crippen molar-refractivity contribution < 1.29 is 28.8 Å². The van der Waals surface area contributed by atoms with Gasteiger partial charge in [-0.25, -0.2) is 4.79 Å². The lowest BCUT2D eigenvalue weighted by atomic mass is 9.85. The Morgan fingerprint density at radius 2 is 1.66 bits per heavy atom. The van der Waals surface area contributed by atoms with Gasteiger partial charge in [-0.3, -0.25) is 19.2 Å². The van der Waals surface area contributed by atoms with Crippen LogP contribution in [-0.2, 0) is 28.8 Å². The summed E-state index contributed by atoms with van der Waals surface area (Å²) in [5.74, 6) is -1.56. The monoisotopic (exact) mass is 473 g/mol. The number of alkyl halides is 1. The number of amides is 4. The molecule has 0 spiro atoms. The highest BCUT2D eigenvalue weighted by Gasteiger charge is 2.32. The first-order valence-electron chi connectivity index (χ1n) is 10.1. The van der Waals surface area contributed by atoms with E-state index in [4.69, 9.17) is 4.84 Å². The van der Waals surface area contributed by atoms with Crippen LogP contribution in [0.5, 0.6) is 0 Å². The Balaban J connectivity index is 1.50. The topological polar surface area (TPSA) is 122 Å². The summed E-state index contributed by atoms with van der Waals surface area (Å²) in [5, 5.41) is 6.71. The predicted molar refractivity (Wildman–Crippen MR) is 106 cm³/mol. The Hall–Kier alpha value is -1.97. The highest BCUT2D eigenvalue weighted by molar-refractivity contribution is 9.09. The van der Waals surface area contributed by atoms with E-state index in [1.165, 1.54) is 0 Å². The second-order valence-corrected chi connectivity index (χ2v) is 7.96. The highest BCUT2D eigenvalue weighted by Crippen LogP contribution is 2.24. The maximum atomic E-state index is 12.2. The normalized spacial score (nSPS) is 21.8. The van der Waals surface area contributed by atoms with E-state index in [1.54, 1.807) is 0 Å². The molecule has 0 bridgehead atoms. The first kappa shape index (κ1) is 23.3. The van der Waals surface area contributed by atoms with Crippen molar-refractivity contribution in [3.8, 4) is 0 Å². The molecule has 162 valence electrons. The number of halogens is 1. The molecule has 0 atom stereocenters. The van der Waals surface area contributed by atoms with Gasteiger partial charge in [-0.2, -0.15) is 0 Å². The molecule has 1 saturated heterocycles. The lowest BCUT2D eigenvalue weighted by molar-refractivity contribution is -0.197. The van der Waals surface area contributed by atoms with Crippen molar-refractivity contribution in [2.24, 2.45) is 5.92 Å². The van der Waals surface area contributed by atoms with Gasteiger partial charge in [0.05, 0.1) is 5.33 Å². The number of carbonyl (C=O) groups excluding carboxylic acids is 5. The third kappa shape index (κ3) is 7.75. The summed E-state index contributed by atoms with van der Waals surface area (Å²) in [7, 11) is 0. The molecule has 0 radical (unpaired) electrons. The summed E-state index contributed by atoms with van der Waals surface area (Å²) in [5.41, 5.74) is 0. The molecular weight excluding hydrogens is 446 g/mol. The summed E-state index contributed by atoms with van der Waals surface area (Å²) < 4.78 is 0. The fourth-order valence-electron chi connectivity index (χ4n) is 3.50. The summed E-state index contributed by atoms with van der Waals surface area (Å²) in [6, 6.07) is 0.148. The molecule has 2 aliphatic rings. The minimum Gasteiger partial charge on any atom is -0.356 e. The number of nitrogens with zero attached hydrogens (tertiary/aromatic N) is 1. The van der Waals surface area contributed by atoms with Crippen molar-refractivity contribution in [1.82, 2.24) is 15.7 Å². The van der Waals surface area contributed by atoms with Crippen LogP contribution in [0.4, 0.5) is 0 Å². The van der Waals surface area contributed by atoms with Gasteiger partial charge in [-0.05, 0) is 38.5 Å². The molecule has 0 aromatic rings. The zero-order valence-corrected chi connectivity index (χ0v) is 18.0. The van der Waals surface area contributed by atoms with Crippen LogP contribution in [0.2, 0.25) is 0 Å². The predicted octanol–water partition coefficient (Wildman–Crippen LogP) is 1.34. The van der Waals surface area contributed by atoms with Crippen molar-refractivity contribution in [1.29, 1.82) is 0 Å². The van der Waals surface area contributed by atoms with Gasteiger partial charge in [0.15, 0.2) is 0 Å². The Bertz CT molecular complexity index is 617. The van der Waals surface area contributed by atoms with Crippen molar-refractivity contribution in [3.05, 3.63) is 0 Å². The molecule has 1 aliphatic carbocycles. The molecule has 1 heterocycles. The summed E-state index contributed by atoms with van der Waals surface area (Å²) >= 11 is 3.12. The van der Waals surface area contributed by atoms with E-state index < -0.39 is 17.8 Å². The van der Waals surface area contributed by atoms with Crippen molar-refractivity contribution in [3.63, 3.8) is 0 Å². The average molecular weight is 474 g/mol. The van der Waals surface area contributed by atoms with Gasteiger partial charge >= 0.3 is 5.97 Å². The van der Waals surface area contributed by atoms with Crippen LogP contribution in [0.1, 0.15) is 64.2 Å². The van der Waals surface area contributed by atoms with Crippen LogP contribution in [0.15, 0.2) is 0 Å². The zero-order valence-electron chi connectivity index (χ0n) is 16.4. The number of imide groups is 1. The standard InChI is InChI=1S/C19H28BrN3O6/c20-12-15(24)22-14-7-5-13(6-8-14)19(28)21-11-3-1-2-4-18(27)29-23-16(25)9-10-17(23)26/h13-14H,1-12H2,(H,21,28)(H,22,24). The number of hydrogen-bond donors (Lipinski definition) is 2. The second-order valence-electron chi connectivity index (χ2n) is 7.40. The van der Waals surface area contributed by atoms with Crippen LogP contribution >= 0.6 is 15.9 Å². The molecule has 10 heteroatoms. The molecule has 2 fully saturated rings. The number of unbranched alkanes of at least 4 members (excludes halogenated alkanes) is 2. The van der Waals surface area contributed by atoms with Gasteiger partial charge < -0.3 is 15.5 Å². The van der Waals surface area contributed by atoms with Gasteiger partial charge in [-0.15, -0.1) is 5.06 Å². The van der Waals surface area contributed by atoms with Crippen LogP contribution in [0.25, 0.3) is 0 Å². The van der Waals surface area contributed by atoms with Crippen LogP contribution < -0.4 is 10.6 Å². The van der Waals surface area contributed by atoms with Crippen molar-refractivity contribution in [2.75, 3.05) is 11.9 Å². The Morgan fingerprint density at radius 1 is 1.00 bits per heavy atom. The first-order chi connectivity index (χ1) is 13.9. The minimum atomic E-state index is -0.596. The van der Waals surface area contributed by atoms with Gasteiger partial charge in [0.2, 0.25) is 11.8 Å². The Labute approximate surface area is 178 Å². The zero-order chi connectivity index (χ0) is 21.2. The minimum absolute atomic E-state index is 0.0161. The number of carbonyl (C=O) groups is 5. The molecular formula is C19H28BrN3O6. The molecule has 29 heavy (non-hydrogen) atoms. The van der Waals surface area contributed by atoms with Crippen LogP contribution in [0.3, 0.4) is 0 Å². The van der Waals surface area contributed by atoms with Crippen molar-refractivity contribution >= 4 is 45.5 Å². The molecule has 0 aromatic carbocycles. The Morgan fingerprint density at radius 3 is 2.28 bits per heavy atom. The first-order valence-corrected chi connectivity index (χ1v) is 11.2. The average Bonchev–Trinajstić information content (AvgIpc) is 3.02. The smallest absolute Gasteiger partial charge is 0.333 e. The quantitative estimate of drug-likeness (QED) is 0.280. The summed E-state index contributed by atoms with van der Waals surface area (Å²) in [6.07, 6.45) is 5.44. The van der Waals surface area contributed by atoms with E-state index in [9.17, 15) is 24.0 Å². The number of hydrogen-bond acceptors (Lipinski definition) is 6. The lowest BCUT2D eigenvalue weighted by Crippen LogP contribution is -2.41. The van der Waals surface area contributed by atoms with Gasteiger partial charge in [0.1, 0.15) is 0 Å². The molecule has 9 nitrogen and oxygen atoms in total. The van der Waals surface area contributed by atoms with E-state index in [0.29, 0.717) is 23.4 Å². The summed E-state index contributed by atoms with van der Waals surface area (Å²) in [4.78, 5) is 62.8. The molecule has 1 saturated carbocycles. The fraction of sp³-hybridized carbons (Fsp3) is 0.737. The lowest BCUT2D eigenvalue weighted by Gasteiger charge is -2.28. The molecule has 2 N–H and O–H groups in total. The van der Waals surface area contributed by atoms with Gasteiger partial charge in [-0.1, -0.05) is 22.4 Å². The third-order valence-corrected chi connectivity index (χ3v) is 5.65. The van der Waals surface area contributed by atoms with E-state index >= 15 is 0 Å². The number of hydroxylamine groups is 2. The summed E-state index contributed by atoms with van der Waals surface area (Å²) in [6.45, 7) is 0.539. The SMILES string of the molecule is O=C(CBr)NC1CCC(C(=O)NCCCCCC(=O)ON2C(=O)CCC2=O)CC1. The second kappa shape index (κ2) is 11.9. The molecule has 1 aliphatic heterocycles. The van der Waals surface area contributed by atoms with Crippen LogP contribution in [0, 0.1) is 5.92 Å². The van der Waals surface area contributed by atoms with E-state index in [-0.39, 0.29) is 43.0 Å². The molecule has 4 amide bonds. The van der Waals surface area contributed by atoms with Gasteiger partial charge in [0.25, 0.3) is 11.8 Å². The molecule has 2 rings (SSSR count). The molecule has 0 aromatic heterocycles. The number of rotatable bonds is 10. The van der Waals surface area contributed by atoms with Gasteiger partial charge in [0, 0.05) is 37.8 Å². The largest absolute Gasteiger partial charge is 0.356 e. The highest BCUT2D eigenvalue weighted by atomic mass is 79.9. The van der Waals surface area contributed by atoms with E-state index in [0.717, 1.165) is 38.5 Å². The van der Waals surface area contributed by atoms with E-state index in [2.05, 4.69) is 26.6 Å². The van der Waals surface area contributed by atoms with Crippen LogP contribution in [-0.4, -0.2) is 52.6 Å². The molecule has 0 unspecified atom stereocenters.